The van der Waals surface area contributed by atoms with E-state index in [0.717, 1.165) is 279 Å². The third-order valence-corrected chi connectivity index (χ3v) is 27.5. The van der Waals surface area contributed by atoms with Gasteiger partial charge in [0.1, 0.15) is 16.9 Å². The monoisotopic (exact) mass is 1870 g/mol. The maximum Gasteiger partial charge on any atom is 0.137 e. The van der Waals surface area contributed by atoms with E-state index in [-0.39, 0.29) is 0 Å². The molecule has 0 unspecified atom stereocenters. The lowest BCUT2D eigenvalue weighted by atomic mass is 9.90. The van der Waals surface area contributed by atoms with Gasteiger partial charge in [-0.15, -0.1) is 0 Å². The second-order valence-corrected chi connectivity index (χ2v) is 37.0. The van der Waals surface area contributed by atoms with Crippen LogP contribution in [0.25, 0.3) is 250 Å². The van der Waals surface area contributed by atoms with Gasteiger partial charge in [0.15, 0.2) is 0 Å². The van der Waals surface area contributed by atoms with Crippen molar-refractivity contribution in [1.29, 1.82) is 0 Å². The lowest BCUT2D eigenvalue weighted by molar-refractivity contribution is 1.12. The molecular weight excluding hydrogens is 1780 g/mol. The molecule has 0 radical (unpaired) electrons. The molecule has 0 saturated heterocycles. The highest BCUT2D eigenvalue weighted by Gasteiger charge is 2.25. The second-order valence-electron chi connectivity index (χ2n) is 37.0. The molecule has 15 heterocycles. The number of benzene rings is 12. The first-order valence-electron chi connectivity index (χ1n) is 49.0. The van der Waals surface area contributed by atoms with Gasteiger partial charge in [-0.3, -0.25) is 58.1 Å². The molecule has 690 valence electrons. The van der Waals surface area contributed by atoms with E-state index in [1.165, 1.54) is 0 Å². The van der Waals surface area contributed by atoms with Gasteiger partial charge in [-0.25, -0.2) is 15.0 Å². The Morgan fingerprint density at radius 2 is 0.473 bits per heavy atom. The Kier molecular flexibility index (Phi) is 22.7. The number of hydrogen-bond acceptors (Lipinski definition) is 12. The molecule has 0 saturated carbocycles. The number of imidazole rings is 3. The average Bonchev–Trinajstić information content (AvgIpc) is 0.964. The fourth-order valence-corrected chi connectivity index (χ4v) is 20.7. The number of aryl methyl sites for hydroxylation is 5. The summed E-state index contributed by atoms with van der Waals surface area (Å²) >= 11 is 0. The average molecular weight is 1880 g/mol. The Hall–Kier alpha value is -19.4. The van der Waals surface area contributed by atoms with Crippen LogP contribution in [0.4, 0.5) is 0 Å². The highest BCUT2D eigenvalue weighted by atomic mass is 15.0. The van der Waals surface area contributed by atoms with Gasteiger partial charge in [0.25, 0.3) is 0 Å². The van der Waals surface area contributed by atoms with Crippen LogP contribution in [0.2, 0.25) is 0 Å². The number of fused-ring (bicyclic) bond motifs is 12. The Bertz CT molecular complexity index is 9720. The summed E-state index contributed by atoms with van der Waals surface area (Å²) in [6.45, 7) is 10.3. The second kappa shape index (κ2) is 37.7. The summed E-state index contributed by atoms with van der Waals surface area (Å²) in [5.74, 6) is 0. The van der Waals surface area contributed by atoms with Gasteiger partial charge in [0, 0.05) is 161 Å². The van der Waals surface area contributed by atoms with Crippen molar-refractivity contribution in [3.8, 4) is 168 Å². The van der Waals surface area contributed by atoms with Crippen molar-refractivity contribution in [3.05, 3.63) is 491 Å². The first kappa shape index (κ1) is 88.1. The van der Waals surface area contributed by atoms with Crippen LogP contribution in [0.15, 0.2) is 462 Å². The normalized spacial score (nSPS) is 11.5. The molecular formula is C131H91N15. The van der Waals surface area contributed by atoms with E-state index in [4.69, 9.17) is 44.9 Å². The molecule has 0 atom stereocenters. The summed E-state index contributed by atoms with van der Waals surface area (Å²) in [6.07, 6.45) is 17.3. The van der Waals surface area contributed by atoms with Crippen LogP contribution in [-0.4, -0.2) is 73.0 Å². The predicted molar refractivity (Wildman–Crippen MR) is 596 cm³/mol. The third kappa shape index (κ3) is 16.8. The van der Waals surface area contributed by atoms with Gasteiger partial charge in [0.05, 0.1) is 73.0 Å². The van der Waals surface area contributed by atoms with E-state index in [1.54, 1.807) is 0 Å². The summed E-state index contributed by atoms with van der Waals surface area (Å²) in [6, 6.07) is 143. The summed E-state index contributed by atoms with van der Waals surface area (Å²) in [7, 11) is 0. The van der Waals surface area contributed by atoms with Crippen LogP contribution in [0.5, 0.6) is 0 Å². The van der Waals surface area contributed by atoms with E-state index in [1.807, 2.05) is 136 Å². The summed E-state index contributed by atoms with van der Waals surface area (Å²) in [5.41, 5.74) is 45.9. The van der Waals surface area contributed by atoms with Crippen LogP contribution in [0.3, 0.4) is 0 Å². The quantitative estimate of drug-likeness (QED) is 0.0892. The summed E-state index contributed by atoms with van der Waals surface area (Å²) < 4.78 is 6.51. The van der Waals surface area contributed by atoms with Crippen molar-refractivity contribution in [3.63, 3.8) is 0 Å². The van der Waals surface area contributed by atoms with Crippen LogP contribution in [0.1, 0.15) is 28.5 Å². The molecule has 0 bridgehead atoms. The van der Waals surface area contributed by atoms with Crippen LogP contribution < -0.4 is 0 Å². The molecule has 0 fully saturated rings. The molecule has 0 amide bonds. The first-order chi connectivity index (χ1) is 71.9. The Balaban J connectivity index is 0.000000114. The lowest BCUT2D eigenvalue weighted by Crippen LogP contribution is -1.93. The minimum atomic E-state index is 0.900. The highest BCUT2D eigenvalue weighted by molar-refractivity contribution is 6.14. The molecule has 0 aliphatic heterocycles. The zero-order chi connectivity index (χ0) is 97.8. The molecule has 0 aliphatic carbocycles. The van der Waals surface area contributed by atoms with Gasteiger partial charge in [-0.05, 0) is 294 Å². The Labute approximate surface area is 842 Å². The molecule has 27 aromatic rings. The number of nitrogens with zero attached hydrogens (tertiary/aromatic N) is 15. The molecule has 15 heteroatoms. The largest absolute Gasteiger partial charge is 0.299 e. The molecule has 15 aromatic heterocycles. The zero-order valence-electron chi connectivity index (χ0n) is 80.6. The standard InChI is InChI=1S/2C44H31N5.C43H29N5/c1-28-15-20-37(29(2)47-28)35-24-34(25-36(26-35)39-27-33-12-8-21-45-41(33)43-38(39)13-9-22-46-43)30-16-18-31(19-17-30)42-44(32-10-4-3-5-11-32)49-23-7-6-14-40(49)48-42;1-28-22-34(23-29(2)47-28)36-24-35(25-37(26-36)39-27-33-12-8-19-45-41(33)43-38(39)13-9-20-46-43)30-15-17-31(18-16-30)42-44(32-10-4-3-5-11-32)49-21-7-6-14-40(49)48-42;1-28-10-7-15-38(46-28)35-25-33(24-34(26-35)37-27-32-13-8-21-44-40(32)42-36(37)14-9-22-45-42)29-17-19-30(20-18-29)41-43(31-11-3-2-4-12-31)48-23-6-5-16-39(48)47-41/h2*3-27H,1-2H3;2-27H,1H3. The van der Waals surface area contributed by atoms with E-state index in [9.17, 15) is 0 Å². The van der Waals surface area contributed by atoms with Crippen molar-refractivity contribution in [2.75, 3.05) is 0 Å². The van der Waals surface area contributed by atoms with Crippen LogP contribution in [0, 0.1) is 34.6 Å². The minimum Gasteiger partial charge on any atom is -0.299 e. The zero-order valence-corrected chi connectivity index (χ0v) is 80.6. The predicted octanol–water partition coefficient (Wildman–Crippen LogP) is 32.0. The maximum atomic E-state index is 5.09. The molecule has 0 spiro atoms. The van der Waals surface area contributed by atoms with Gasteiger partial charge < -0.3 is 0 Å². The van der Waals surface area contributed by atoms with Crippen molar-refractivity contribution < 1.29 is 0 Å². The highest BCUT2D eigenvalue weighted by Crippen LogP contribution is 2.46. The summed E-state index contributed by atoms with van der Waals surface area (Å²) in [5, 5.41) is 6.41. The minimum absolute atomic E-state index is 0.900. The van der Waals surface area contributed by atoms with E-state index in [2.05, 4.69) is 389 Å². The van der Waals surface area contributed by atoms with Crippen LogP contribution >= 0.6 is 0 Å². The molecule has 12 aromatic carbocycles. The molecule has 15 nitrogen and oxygen atoms in total. The summed E-state index contributed by atoms with van der Waals surface area (Å²) in [4.78, 5) is 58.0. The van der Waals surface area contributed by atoms with Crippen molar-refractivity contribution in [2.24, 2.45) is 0 Å². The van der Waals surface area contributed by atoms with Crippen molar-refractivity contribution >= 4 is 82.4 Å². The fraction of sp³-hybridized carbons (Fsp3) is 0.0382. The number of rotatable bonds is 15. The third-order valence-electron chi connectivity index (χ3n) is 27.5. The number of pyridine rings is 12. The lowest BCUT2D eigenvalue weighted by Gasteiger charge is -2.15. The molecule has 27 rings (SSSR count). The maximum absolute atomic E-state index is 5.09. The molecule has 0 aliphatic rings. The smallest absolute Gasteiger partial charge is 0.137 e. The topological polar surface area (TPSA) is 168 Å². The number of hydrogen-bond donors (Lipinski definition) is 0. The van der Waals surface area contributed by atoms with Gasteiger partial charge in [-0.2, -0.15) is 0 Å². The first-order valence-corrected chi connectivity index (χ1v) is 49.0. The van der Waals surface area contributed by atoms with Gasteiger partial charge in [-0.1, -0.05) is 231 Å². The van der Waals surface area contributed by atoms with Crippen molar-refractivity contribution in [2.45, 2.75) is 34.6 Å². The van der Waals surface area contributed by atoms with E-state index >= 15 is 0 Å². The van der Waals surface area contributed by atoms with Crippen molar-refractivity contribution in [1.82, 2.24) is 73.0 Å². The Morgan fingerprint density at radius 3 is 0.842 bits per heavy atom. The van der Waals surface area contributed by atoms with Gasteiger partial charge >= 0.3 is 0 Å². The molecule has 0 N–H and O–H groups in total. The van der Waals surface area contributed by atoms with E-state index < -0.39 is 0 Å². The SMILES string of the molecule is Cc1cc(-c2cc(-c3ccc(-c4nc5ccccn5c4-c4ccccc4)cc3)cc(-c3cc4cccnc4c4ncccc34)c2)cc(C)n1.Cc1ccc(-c2cc(-c3ccc(-c4nc5ccccn5c4-c4ccccc4)cc3)cc(-c3cc4cccnc4c4ncccc34)c2)c(C)n1.Cc1cccc(-c2cc(-c3ccc(-c4nc5ccccn5c4-c4ccccc4)cc3)cc(-c3cc4cccnc4c4ncccc34)c2)n1. The number of aromatic nitrogens is 15. The molecule has 146 heavy (non-hydrogen) atoms. The van der Waals surface area contributed by atoms with E-state index in [0.29, 0.717) is 0 Å². The van der Waals surface area contributed by atoms with Gasteiger partial charge in [0.2, 0.25) is 0 Å². The fourth-order valence-electron chi connectivity index (χ4n) is 20.7. The Morgan fingerprint density at radius 1 is 0.171 bits per heavy atom. The van der Waals surface area contributed by atoms with Crippen LogP contribution in [-0.2, 0) is 0 Å².